The van der Waals surface area contributed by atoms with E-state index in [1.807, 2.05) is 6.07 Å². The standard InChI is InChI=1S/C12H10BrClN4/c13-8-2-1-7-3-4-18(10(7)5-8)11-9(14)6-16-12(15)17-11/h1-2,5-6H,3-4H2,(H2,15,16,17). The van der Waals surface area contributed by atoms with Crippen LogP contribution < -0.4 is 10.6 Å². The number of benzene rings is 1. The normalized spacial score (nSPS) is 13.8. The van der Waals surface area contributed by atoms with E-state index in [9.17, 15) is 0 Å². The van der Waals surface area contributed by atoms with Crippen LogP contribution in [0, 0.1) is 0 Å². The van der Waals surface area contributed by atoms with Crippen LogP contribution >= 0.6 is 27.5 Å². The highest BCUT2D eigenvalue weighted by molar-refractivity contribution is 9.10. The van der Waals surface area contributed by atoms with Crippen molar-refractivity contribution in [1.29, 1.82) is 0 Å². The maximum atomic E-state index is 6.15. The molecule has 0 saturated carbocycles. The molecule has 0 spiro atoms. The average Bonchev–Trinajstić information content (AvgIpc) is 2.75. The van der Waals surface area contributed by atoms with Gasteiger partial charge in [-0.15, -0.1) is 0 Å². The van der Waals surface area contributed by atoms with Gasteiger partial charge in [0, 0.05) is 16.7 Å². The van der Waals surface area contributed by atoms with E-state index < -0.39 is 0 Å². The van der Waals surface area contributed by atoms with Crippen LogP contribution in [-0.2, 0) is 6.42 Å². The van der Waals surface area contributed by atoms with Crippen LogP contribution in [0.25, 0.3) is 0 Å². The lowest BCUT2D eigenvalue weighted by atomic mass is 10.2. The van der Waals surface area contributed by atoms with Crippen LogP contribution in [0.5, 0.6) is 0 Å². The lowest BCUT2D eigenvalue weighted by molar-refractivity contribution is 0.968. The van der Waals surface area contributed by atoms with Crippen molar-refractivity contribution in [3.05, 3.63) is 39.5 Å². The summed E-state index contributed by atoms with van der Waals surface area (Å²) < 4.78 is 1.03. The predicted octanol–water partition coefficient (Wildman–Crippen LogP) is 3.17. The van der Waals surface area contributed by atoms with Gasteiger partial charge >= 0.3 is 0 Å². The third-order valence-electron chi connectivity index (χ3n) is 2.94. The highest BCUT2D eigenvalue weighted by Gasteiger charge is 2.23. The van der Waals surface area contributed by atoms with E-state index in [4.69, 9.17) is 17.3 Å². The van der Waals surface area contributed by atoms with Crippen molar-refractivity contribution >= 4 is 45.0 Å². The first-order valence-corrected chi connectivity index (χ1v) is 6.66. The van der Waals surface area contributed by atoms with E-state index in [1.165, 1.54) is 11.8 Å². The number of aromatic nitrogens is 2. The lowest BCUT2D eigenvalue weighted by Crippen LogP contribution is -2.16. The minimum absolute atomic E-state index is 0.234. The van der Waals surface area contributed by atoms with E-state index >= 15 is 0 Å². The molecule has 18 heavy (non-hydrogen) atoms. The summed E-state index contributed by atoms with van der Waals surface area (Å²) in [5, 5.41) is 0.511. The van der Waals surface area contributed by atoms with Gasteiger partial charge in [-0.25, -0.2) is 4.98 Å². The molecule has 2 N–H and O–H groups in total. The molecule has 0 amide bonds. The number of rotatable bonds is 1. The number of anilines is 3. The summed E-state index contributed by atoms with van der Waals surface area (Å²) in [7, 11) is 0. The Morgan fingerprint density at radius 2 is 2.22 bits per heavy atom. The molecule has 0 radical (unpaired) electrons. The molecular formula is C12H10BrClN4. The van der Waals surface area contributed by atoms with Crippen LogP contribution in [0.3, 0.4) is 0 Å². The Labute approximate surface area is 118 Å². The van der Waals surface area contributed by atoms with Crippen molar-refractivity contribution in [2.75, 3.05) is 17.2 Å². The number of hydrogen-bond donors (Lipinski definition) is 1. The summed E-state index contributed by atoms with van der Waals surface area (Å²) in [6.07, 6.45) is 2.51. The summed E-state index contributed by atoms with van der Waals surface area (Å²) in [6.45, 7) is 0.849. The van der Waals surface area contributed by atoms with Gasteiger partial charge < -0.3 is 10.6 Å². The van der Waals surface area contributed by atoms with Crippen molar-refractivity contribution < 1.29 is 0 Å². The average molecular weight is 326 g/mol. The zero-order valence-corrected chi connectivity index (χ0v) is 11.7. The van der Waals surface area contributed by atoms with Crippen LogP contribution in [0.1, 0.15) is 5.56 Å². The van der Waals surface area contributed by atoms with Gasteiger partial charge in [-0.05, 0) is 24.1 Å². The van der Waals surface area contributed by atoms with E-state index in [-0.39, 0.29) is 5.95 Å². The van der Waals surface area contributed by atoms with E-state index in [1.54, 1.807) is 0 Å². The highest BCUT2D eigenvalue weighted by Crippen LogP contribution is 2.38. The van der Waals surface area contributed by atoms with Gasteiger partial charge in [0.1, 0.15) is 5.02 Å². The number of nitrogens with two attached hydrogens (primary N) is 1. The Bertz CT molecular complexity index is 617. The molecule has 1 aromatic carbocycles. The SMILES string of the molecule is Nc1ncc(Cl)c(N2CCc3ccc(Br)cc32)n1. The van der Waals surface area contributed by atoms with Crippen molar-refractivity contribution in [2.45, 2.75) is 6.42 Å². The van der Waals surface area contributed by atoms with Gasteiger partial charge in [0.15, 0.2) is 5.82 Å². The molecule has 0 bridgehead atoms. The first-order chi connectivity index (χ1) is 8.65. The number of nitrogen functional groups attached to an aromatic ring is 1. The summed E-state index contributed by atoms with van der Waals surface area (Å²) >= 11 is 9.63. The van der Waals surface area contributed by atoms with E-state index in [0.717, 1.165) is 23.1 Å². The lowest BCUT2D eigenvalue weighted by Gasteiger charge is -2.19. The van der Waals surface area contributed by atoms with Crippen LogP contribution in [-0.4, -0.2) is 16.5 Å². The number of fused-ring (bicyclic) bond motifs is 1. The van der Waals surface area contributed by atoms with Gasteiger partial charge in [0.2, 0.25) is 5.95 Å². The predicted molar refractivity (Wildman–Crippen MR) is 76.3 cm³/mol. The summed E-state index contributed by atoms with van der Waals surface area (Å²) in [6, 6.07) is 6.22. The Balaban J connectivity index is 2.11. The Hall–Kier alpha value is -1.33. The minimum Gasteiger partial charge on any atom is -0.368 e. The van der Waals surface area contributed by atoms with Crippen molar-refractivity contribution in [2.24, 2.45) is 0 Å². The molecule has 0 unspecified atom stereocenters. The van der Waals surface area contributed by atoms with E-state index in [0.29, 0.717) is 10.8 Å². The van der Waals surface area contributed by atoms with Gasteiger partial charge in [0.25, 0.3) is 0 Å². The molecule has 1 aliphatic heterocycles. The third-order valence-corrected chi connectivity index (χ3v) is 3.70. The smallest absolute Gasteiger partial charge is 0.222 e. The molecule has 0 saturated heterocycles. The van der Waals surface area contributed by atoms with Gasteiger partial charge in [0.05, 0.1) is 6.20 Å². The molecule has 2 aromatic rings. The maximum Gasteiger partial charge on any atom is 0.222 e. The topological polar surface area (TPSA) is 55.0 Å². The number of hydrogen-bond acceptors (Lipinski definition) is 4. The minimum atomic E-state index is 0.234. The number of nitrogens with zero attached hydrogens (tertiary/aromatic N) is 3. The van der Waals surface area contributed by atoms with Crippen LogP contribution in [0.4, 0.5) is 17.5 Å². The second-order valence-corrected chi connectivity index (χ2v) is 5.40. The van der Waals surface area contributed by atoms with Crippen LogP contribution in [0.15, 0.2) is 28.9 Å². The molecule has 1 aromatic heterocycles. The second kappa shape index (κ2) is 4.40. The quantitative estimate of drug-likeness (QED) is 0.875. The monoisotopic (exact) mass is 324 g/mol. The fraction of sp³-hybridized carbons (Fsp3) is 0.167. The summed E-state index contributed by atoms with van der Waals surface area (Å²) in [5.41, 5.74) is 8.03. The molecule has 4 nitrogen and oxygen atoms in total. The van der Waals surface area contributed by atoms with Gasteiger partial charge in [-0.3, -0.25) is 0 Å². The Morgan fingerprint density at radius 1 is 1.39 bits per heavy atom. The fourth-order valence-electron chi connectivity index (χ4n) is 2.13. The Kier molecular flexibility index (Phi) is 2.87. The molecule has 1 aliphatic rings. The first-order valence-electron chi connectivity index (χ1n) is 5.49. The first kappa shape index (κ1) is 11.7. The third kappa shape index (κ3) is 1.93. The zero-order valence-electron chi connectivity index (χ0n) is 9.40. The van der Waals surface area contributed by atoms with Crippen molar-refractivity contribution in [1.82, 2.24) is 9.97 Å². The molecule has 2 heterocycles. The summed E-state index contributed by atoms with van der Waals surface area (Å²) in [5.74, 6) is 0.902. The fourth-order valence-corrected chi connectivity index (χ4v) is 2.68. The van der Waals surface area contributed by atoms with Gasteiger partial charge in [-0.1, -0.05) is 33.6 Å². The summed E-state index contributed by atoms with van der Waals surface area (Å²) in [4.78, 5) is 10.2. The largest absolute Gasteiger partial charge is 0.368 e. The van der Waals surface area contributed by atoms with Gasteiger partial charge in [-0.2, -0.15) is 4.98 Å². The second-order valence-electron chi connectivity index (χ2n) is 4.07. The van der Waals surface area contributed by atoms with E-state index in [2.05, 4.69) is 42.9 Å². The zero-order chi connectivity index (χ0) is 12.7. The molecule has 3 rings (SSSR count). The van der Waals surface area contributed by atoms with Crippen molar-refractivity contribution in [3.63, 3.8) is 0 Å². The number of halogens is 2. The molecule has 0 fully saturated rings. The molecule has 0 atom stereocenters. The van der Waals surface area contributed by atoms with Crippen molar-refractivity contribution in [3.8, 4) is 0 Å². The maximum absolute atomic E-state index is 6.15. The Morgan fingerprint density at radius 3 is 3.06 bits per heavy atom. The van der Waals surface area contributed by atoms with Crippen LogP contribution in [0.2, 0.25) is 5.02 Å². The molecular weight excluding hydrogens is 316 g/mol. The molecule has 0 aliphatic carbocycles. The molecule has 92 valence electrons. The highest BCUT2D eigenvalue weighted by atomic mass is 79.9. The molecule has 6 heteroatoms.